The molecule has 5 nitrogen and oxygen atoms in total. The Morgan fingerprint density at radius 1 is 1.21 bits per heavy atom. The molecule has 2 aromatic heterocycles. The first-order valence-corrected chi connectivity index (χ1v) is 6.65. The van der Waals surface area contributed by atoms with Gasteiger partial charge in [0, 0.05) is 17.8 Å². The fraction of sp³-hybridized carbons (Fsp3) is 0.429. The molecule has 3 rings (SSSR count). The molecule has 0 saturated carbocycles. The maximum Gasteiger partial charge on any atom is 0.212 e. The second-order valence-corrected chi connectivity index (χ2v) is 4.77. The summed E-state index contributed by atoms with van der Waals surface area (Å²) in [6, 6.07) is 4.19. The lowest BCUT2D eigenvalue weighted by Gasteiger charge is -2.21. The van der Waals surface area contributed by atoms with Crippen LogP contribution in [0.1, 0.15) is 31.1 Å². The number of methoxy groups -OCH3 is 1. The number of piperidine rings is 1. The Morgan fingerprint density at radius 2 is 2.16 bits per heavy atom. The number of hydrogen-bond acceptors (Lipinski definition) is 4. The Morgan fingerprint density at radius 3 is 2.84 bits per heavy atom. The first-order valence-electron chi connectivity index (χ1n) is 6.65. The number of aromatic amines is 1. The highest BCUT2D eigenvalue weighted by Crippen LogP contribution is 2.24. The third-order valence-electron chi connectivity index (χ3n) is 3.49. The van der Waals surface area contributed by atoms with Crippen LogP contribution in [-0.2, 0) is 0 Å². The van der Waals surface area contributed by atoms with E-state index >= 15 is 0 Å². The van der Waals surface area contributed by atoms with Crippen molar-refractivity contribution in [1.82, 2.24) is 20.3 Å². The molecule has 1 unspecified atom stereocenters. The number of rotatable bonds is 3. The van der Waals surface area contributed by atoms with E-state index in [1.807, 2.05) is 18.3 Å². The van der Waals surface area contributed by atoms with Gasteiger partial charge in [0.25, 0.3) is 0 Å². The normalized spacial score (nSPS) is 19.3. The number of hydrogen-bond donors (Lipinski definition) is 2. The Balaban J connectivity index is 1.79. The van der Waals surface area contributed by atoms with Gasteiger partial charge in [0.05, 0.1) is 25.0 Å². The highest BCUT2D eigenvalue weighted by atomic mass is 16.5. The Kier molecular flexibility index (Phi) is 3.46. The van der Waals surface area contributed by atoms with Gasteiger partial charge in [-0.05, 0) is 25.5 Å². The van der Waals surface area contributed by atoms with E-state index in [2.05, 4.69) is 20.3 Å². The zero-order valence-corrected chi connectivity index (χ0v) is 11.0. The molecular weight excluding hydrogens is 240 g/mol. The lowest BCUT2D eigenvalue weighted by atomic mass is 10.0. The van der Waals surface area contributed by atoms with Crippen molar-refractivity contribution in [2.45, 2.75) is 25.3 Å². The standard InChI is InChI=1S/C14H18N4O/c1-19-13-6-5-10(8-16-13)12-9-17-14(18-12)11-4-2-3-7-15-11/h5-6,8-9,11,15H,2-4,7H2,1H3,(H,17,18). The summed E-state index contributed by atoms with van der Waals surface area (Å²) in [6.07, 6.45) is 7.33. The van der Waals surface area contributed by atoms with Crippen LogP contribution in [0.5, 0.6) is 5.88 Å². The second-order valence-electron chi connectivity index (χ2n) is 4.77. The molecule has 0 aromatic carbocycles. The summed E-state index contributed by atoms with van der Waals surface area (Å²) in [5, 5.41) is 3.49. The molecule has 3 heterocycles. The summed E-state index contributed by atoms with van der Waals surface area (Å²) < 4.78 is 5.06. The predicted molar refractivity (Wildman–Crippen MR) is 73.0 cm³/mol. The highest BCUT2D eigenvalue weighted by Gasteiger charge is 2.17. The van der Waals surface area contributed by atoms with Crippen LogP contribution in [0.3, 0.4) is 0 Å². The van der Waals surface area contributed by atoms with Crippen LogP contribution >= 0.6 is 0 Å². The van der Waals surface area contributed by atoms with Gasteiger partial charge < -0.3 is 15.0 Å². The number of pyridine rings is 1. The van der Waals surface area contributed by atoms with Crippen molar-refractivity contribution >= 4 is 0 Å². The molecule has 1 atom stereocenters. The van der Waals surface area contributed by atoms with Gasteiger partial charge in [-0.3, -0.25) is 0 Å². The van der Waals surface area contributed by atoms with E-state index < -0.39 is 0 Å². The average Bonchev–Trinajstić information content (AvgIpc) is 2.98. The van der Waals surface area contributed by atoms with Gasteiger partial charge in [-0.15, -0.1) is 0 Å². The number of nitrogens with one attached hydrogen (secondary N) is 2. The maximum atomic E-state index is 5.06. The number of imidazole rings is 1. The van der Waals surface area contributed by atoms with Crippen LogP contribution in [0.4, 0.5) is 0 Å². The average molecular weight is 258 g/mol. The maximum absolute atomic E-state index is 5.06. The van der Waals surface area contributed by atoms with E-state index in [1.165, 1.54) is 12.8 Å². The molecule has 0 bridgehead atoms. The van der Waals surface area contributed by atoms with Crippen LogP contribution in [0, 0.1) is 0 Å². The minimum absolute atomic E-state index is 0.355. The number of nitrogens with zero attached hydrogens (tertiary/aromatic N) is 2. The van der Waals surface area contributed by atoms with Gasteiger partial charge in [0.2, 0.25) is 5.88 Å². The number of H-pyrrole nitrogens is 1. The summed E-state index contributed by atoms with van der Waals surface area (Å²) in [4.78, 5) is 12.1. The van der Waals surface area contributed by atoms with E-state index in [-0.39, 0.29) is 0 Å². The van der Waals surface area contributed by atoms with Crippen LogP contribution in [0.25, 0.3) is 11.3 Å². The Labute approximate surface area is 112 Å². The Hall–Kier alpha value is -1.88. The van der Waals surface area contributed by atoms with E-state index in [0.717, 1.165) is 30.0 Å². The molecule has 5 heteroatoms. The van der Waals surface area contributed by atoms with Crippen molar-refractivity contribution < 1.29 is 4.74 Å². The topological polar surface area (TPSA) is 62.8 Å². The molecule has 0 amide bonds. The molecule has 2 N–H and O–H groups in total. The summed E-state index contributed by atoms with van der Waals surface area (Å²) in [7, 11) is 1.62. The number of aromatic nitrogens is 3. The van der Waals surface area contributed by atoms with E-state index in [9.17, 15) is 0 Å². The summed E-state index contributed by atoms with van der Waals surface area (Å²) >= 11 is 0. The first kappa shape index (κ1) is 12.2. The van der Waals surface area contributed by atoms with Gasteiger partial charge >= 0.3 is 0 Å². The summed E-state index contributed by atoms with van der Waals surface area (Å²) in [5.41, 5.74) is 2.02. The molecule has 1 aliphatic heterocycles. The zero-order chi connectivity index (χ0) is 13.1. The monoisotopic (exact) mass is 258 g/mol. The smallest absolute Gasteiger partial charge is 0.212 e. The molecule has 0 spiro atoms. The first-order chi connectivity index (χ1) is 9.36. The fourth-order valence-electron chi connectivity index (χ4n) is 2.41. The summed E-state index contributed by atoms with van der Waals surface area (Å²) in [6.45, 7) is 1.07. The minimum atomic E-state index is 0.355. The minimum Gasteiger partial charge on any atom is -0.481 e. The second kappa shape index (κ2) is 5.40. The van der Waals surface area contributed by atoms with Crippen LogP contribution in [-0.4, -0.2) is 28.6 Å². The van der Waals surface area contributed by atoms with Crippen molar-refractivity contribution in [2.24, 2.45) is 0 Å². The quantitative estimate of drug-likeness (QED) is 0.886. The van der Waals surface area contributed by atoms with Crippen LogP contribution in [0.15, 0.2) is 24.5 Å². The SMILES string of the molecule is COc1ccc(-c2cnc(C3CCCCN3)[nH]2)cn1. The van der Waals surface area contributed by atoms with Crippen molar-refractivity contribution in [1.29, 1.82) is 0 Å². The molecule has 1 fully saturated rings. The van der Waals surface area contributed by atoms with Crippen molar-refractivity contribution in [3.63, 3.8) is 0 Å². The summed E-state index contributed by atoms with van der Waals surface area (Å²) in [5.74, 6) is 1.64. The third kappa shape index (κ3) is 2.61. The lowest BCUT2D eigenvalue weighted by Crippen LogP contribution is -2.27. The van der Waals surface area contributed by atoms with Crippen LogP contribution in [0.2, 0.25) is 0 Å². The predicted octanol–water partition coefficient (Wildman–Crippen LogP) is 2.29. The van der Waals surface area contributed by atoms with E-state index in [0.29, 0.717) is 11.9 Å². The fourth-order valence-corrected chi connectivity index (χ4v) is 2.41. The van der Waals surface area contributed by atoms with E-state index in [1.54, 1.807) is 13.3 Å². The molecule has 1 saturated heterocycles. The number of ether oxygens (including phenoxy) is 1. The largest absolute Gasteiger partial charge is 0.481 e. The van der Waals surface area contributed by atoms with Crippen molar-refractivity contribution in [2.75, 3.05) is 13.7 Å². The molecule has 100 valence electrons. The highest BCUT2D eigenvalue weighted by molar-refractivity contribution is 5.57. The molecule has 0 radical (unpaired) electrons. The third-order valence-corrected chi connectivity index (χ3v) is 3.49. The van der Waals surface area contributed by atoms with Crippen LogP contribution < -0.4 is 10.1 Å². The molecule has 2 aromatic rings. The van der Waals surface area contributed by atoms with Gasteiger partial charge in [0.1, 0.15) is 5.82 Å². The molecule has 19 heavy (non-hydrogen) atoms. The Bertz CT molecular complexity index is 529. The van der Waals surface area contributed by atoms with Crippen molar-refractivity contribution in [3.8, 4) is 17.1 Å². The van der Waals surface area contributed by atoms with Crippen molar-refractivity contribution in [3.05, 3.63) is 30.4 Å². The zero-order valence-electron chi connectivity index (χ0n) is 11.0. The lowest BCUT2D eigenvalue weighted by molar-refractivity contribution is 0.398. The van der Waals surface area contributed by atoms with Gasteiger partial charge in [-0.2, -0.15) is 0 Å². The van der Waals surface area contributed by atoms with E-state index in [4.69, 9.17) is 4.74 Å². The molecule has 0 aliphatic carbocycles. The molecular formula is C14H18N4O. The molecule has 1 aliphatic rings. The van der Waals surface area contributed by atoms with Gasteiger partial charge in [-0.25, -0.2) is 9.97 Å². The van der Waals surface area contributed by atoms with Gasteiger partial charge in [-0.1, -0.05) is 6.42 Å². The van der Waals surface area contributed by atoms with Gasteiger partial charge in [0.15, 0.2) is 0 Å².